The zero-order chi connectivity index (χ0) is 18.7. The summed E-state index contributed by atoms with van der Waals surface area (Å²) in [6.45, 7) is 1.90. The molecule has 0 unspecified atom stereocenters. The third kappa shape index (κ3) is 4.29. The van der Waals surface area contributed by atoms with Gasteiger partial charge in [0.2, 0.25) is 5.91 Å². The molecule has 0 saturated heterocycles. The maximum atomic E-state index is 12.6. The molecule has 0 saturated carbocycles. The average Bonchev–Trinajstić information content (AvgIpc) is 3.05. The highest BCUT2D eigenvalue weighted by atomic mass is 32.1. The van der Waals surface area contributed by atoms with Gasteiger partial charge in [0, 0.05) is 16.6 Å². The number of aromatic nitrogens is 1. The lowest BCUT2D eigenvalue weighted by atomic mass is 10.1. The van der Waals surface area contributed by atoms with Crippen molar-refractivity contribution in [3.8, 4) is 10.6 Å². The Morgan fingerprint density at radius 1 is 1.12 bits per heavy atom. The third-order valence-corrected chi connectivity index (χ3v) is 4.71. The first-order valence-electron chi connectivity index (χ1n) is 7.80. The molecule has 2 aromatic carbocycles. The molecule has 3 rings (SSSR count). The summed E-state index contributed by atoms with van der Waals surface area (Å²) in [5, 5.41) is 5.15. The topological polar surface area (TPSA) is 42.0 Å². The lowest BCUT2D eigenvalue weighted by Gasteiger charge is -2.07. The number of rotatable bonds is 4. The minimum atomic E-state index is -4.36. The number of carbonyl (C=O) groups excluding carboxylic acids is 1. The van der Waals surface area contributed by atoms with Crippen molar-refractivity contribution in [3.05, 3.63) is 70.7 Å². The van der Waals surface area contributed by atoms with Gasteiger partial charge < -0.3 is 5.32 Å². The second kappa shape index (κ2) is 7.29. The fourth-order valence-corrected chi connectivity index (χ4v) is 3.22. The monoisotopic (exact) mass is 376 g/mol. The zero-order valence-electron chi connectivity index (χ0n) is 13.8. The molecule has 7 heteroatoms. The quantitative estimate of drug-likeness (QED) is 0.670. The predicted octanol–water partition coefficient (Wildman–Crippen LogP) is 5.32. The van der Waals surface area contributed by atoms with Crippen LogP contribution in [0.2, 0.25) is 0 Å². The fraction of sp³-hybridized carbons (Fsp3) is 0.158. The number of nitrogens with zero attached hydrogens (tertiary/aromatic N) is 1. The minimum absolute atomic E-state index is 0.103. The Balaban J connectivity index is 1.68. The molecular formula is C19H15F3N2OS. The molecule has 0 aliphatic rings. The molecule has 3 aromatic rings. The Hall–Kier alpha value is -2.67. The first kappa shape index (κ1) is 18.1. The third-order valence-electron chi connectivity index (χ3n) is 3.77. The molecule has 3 nitrogen and oxygen atoms in total. The number of alkyl halides is 3. The van der Waals surface area contributed by atoms with Crippen LogP contribution in [0.3, 0.4) is 0 Å². The van der Waals surface area contributed by atoms with Crippen molar-refractivity contribution in [3.63, 3.8) is 0 Å². The Kier molecular flexibility index (Phi) is 5.08. The SMILES string of the molecule is Cc1ccccc1NC(=O)Cc1csc(-c2ccc(C(F)(F)F)cc2)n1. The molecule has 1 heterocycles. The van der Waals surface area contributed by atoms with E-state index in [4.69, 9.17) is 0 Å². The summed E-state index contributed by atoms with van der Waals surface area (Å²) in [6.07, 6.45) is -4.26. The largest absolute Gasteiger partial charge is 0.416 e. The molecule has 134 valence electrons. The minimum Gasteiger partial charge on any atom is -0.326 e. The van der Waals surface area contributed by atoms with Crippen molar-refractivity contribution in [2.24, 2.45) is 0 Å². The summed E-state index contributed by atoms with van der Waals surface area (Å²) in [6, 6.07) is 12.3. The summed E-state index contributed by atoms with van der Waals surface area (Å²) in [4.78, 5) is 16.5. The van der Waals surface area contributed by atoms with E-state index in [1.807, 2.05) is 31.2 Å². The molecule has 0 spiro atoms. The van der Waals surface area contributed by atoms with E-state index in [1.165, 1.54) is 23.5 Å². The smallest absolute Gasteiger partial charge is 0.326 e. The van der Waals surface area contributed by atoms with E-state index in [-0.39, 0.29) is 12.3 Å². The number of benzene rings is 2. The van der Waals surface area contributed by atoms with Gasteiger partial charge in [0.05, 0.1) is 17.7 Å². The number of anilines is 1. The van der Waals surface area contributed by atoms with Crippen molar-refractivity contribution in [2.75, 3.05) is 5.32 Å². The normalized spacial score (nSPS) is 11.4. The van der Waals surface area contributed by atoms with Crippen LogP contribution in [-0.2, 0) is 17.4 Å². The van der Waals surface area contributed by atoms with Crippen LogP contribution < -0.4 is 5.32 Å². The van der Waals surface area contributed by atoms with E-state index < -0.39 is 11.7 Å². The van der Waals surface area contributed by atoms with Crippen LogP contribution in [0.1, 0.15) is 16.8 Å². The number of para-hydroxylation sites is 1. The number of hydrogen-bond acceptors (Lipinski definition) is 3. The van der Waals surface area contributed by atoms with Gasteiger partial charge in [-0.2, -0.15) is 13.2 Å². The predicted molar refractivity (Wildman–Crippen MR) is 96.1 cm³/mol. The van der Waals surface area contributed by atoms with Gasteiger partial charge in [-0.15, -0.1) is 11.3 Å². The van der Waals surface area contributed by atoms with Gasteiger partial charge in [-0.1, -0.05) is 30.3 Å². The molecular weight excluding hydrogens is 361 g/mol. The number of hydrogen-bond donors (Lipinski definition) is 1. The van der Waals surface area contributed by atoms with E-state index in [0.29, 0.717) is 16.3 Å². The number of nitrogens with one attached hydrogen (secondary N) is 1. The van der Waals surface area contributed by atoms with E-state index in [0.717, 1.165) is 23.4 Å². The van der Waals surface area contributed by atoms with E-state index in [2.05, 4.69) is 10.3 Å². The molecule has 26 heavy (non-hydrogen) atoms. The van der Waals surface area contributed by atoms with E-state index >= 15 is 0 Å². The maximum Gasteiger partial charge on any atom is 0.416 e. The second-order valence-electron chi connectivity index (χ2n) is 5.76. The number of thiazole rings is 1. The van der Waals surface area contributed by atoms with E-state index in [1.54, 1.807) is 5.38 Å². The van der Waals surface area contributed by atoms with Crippen LogP contribution >= 0.6 is 11.3 Å². The maximum absolute atomic E-state index is 12.6. The van der Waals surface area contributed by atoms with E-state index in [9.17, 15) is 18.0 Å². The van der Waals surface area contributed by atoms with Gasteiger partial charge in [0.25, 0.3) is 0 Å². The Labute approximate surface area is 152 Å². The molecule has 1 N–H and O–H groups in total. The van der Waals surface area contributed by atoms with Crippen molar-refractivity contribution < 1.29 is 18.0 Å². The zero-order valence-corrected chi connectivity index (χ0v) is 14.6. The molecule has 0 aliphatic carbocycles. The summed E-state index contributed by atoms with van der Waals surface area (Å²) in [5.41, 5.74) is 2.18. The van der Waals surface area contributed by atoms with Gasteiger partial charge in [-0.3, -0.25) is 4.79 Å². The summed E-state index contributed by atoms with van der Waals surface area (Å²) >= 11 is 1.30. The number of aryl methyl sites for hydroxylation is 1. The highest BCUT2D eigenvalue weighted by molar-refractivity contribution is 7.13. The molecule has 0 bridgehead atoms. The molecule has 0 radical (unpaired) electrons. The highest BCUT2D eigenvalue weighted by Crippen LogP contribution is 2.31. The lowest BCUT2D eigenvalue weighted by Crippen LogP contribution is -2.15. The summed E-state index contributed by atoms with van der Waals surface area (Å²) in [5.74, 6) is -0.191. The van der Waals surface area contributed by atoms with Crippen LogP contribution in [0.15, 0.2) is 53.9 Å². The first-order valence-corrected chi connectivity index (χ1v) is 8.68. The van der Waals surface area contributed by atoms with Crippen molar-refractivity contribution >= 4 is 22.9 Å². The molecule has 0 fully saturated rings. The number of carbonyl (C=O) groups is 1. The van der Waals surface area contributed by atoms with Gasteiger partial charge >= 0.3 is 6.18 Å². The second-order valence-corrected chi connectivity index (χ2v) is 6.62. The van der Waals surface area contributed by atoms with Gasteiger partial charge in [0.1, 0.15) is 5.01 Å². The van der Waals surface area contributed by atoms with Gasteiger partial charge in [-0.05, 0) is 30.7 Å². The molecule has 0 aliphatic heterocycles. The average molecular weight is 376 g/mol. The van der Waals surface area contributed by atoms with Crippen molar-refractivity contribution in [2.45, 2.75) is 19.5 Å². The van der Waals surface area contributed by atoms with Crippen LogP contribution in [0, 0.1) is 6.92 Å². The van der Waals surface area contributed by atoms with Crippen LogP contribution in [0.25, 0.3) is 10.6 Å². The fourth-order valence-electron chi connectivity index (χ4n) is 2.39. The Morgan fingerprint density at radius 2 is 1.81 bits per heavy atom. The molecule has 1 aromatic heterocycles. The first-order chi connectivity index (χ1) is 12.3. The summed E-state index contributed by atoms with van der Waals surface area (Å²) < 4.78 is 37.9. The molecule has 1 amide bonds. The highest BCUT2D eigenvalue weighted by Gasteiger charge is 2.30. The van der Waals surface area contributed by atoms with Gasteiger partial charge in [0.15, 0.2) is 0 Å². The lowest BCUT2D eigenvalue weighted by molar-refractivity contribution is -0.137. The number of amides is 1. The summed E-state index contributed by atoms with van der Waals surface area (Å²) in [7, 11) is 0. The Bertz CT molecular complexity index is 917. The van der Waals surface area contributed by atoms with Crippen LogP contribution in [0.5, 0.6) is 0 Å². The van der Waals surface area contributed by atoms with Crippen LogP contribution in [-0.4, -0.2) is 10.9 Å². The molecule has 0 atom stereocenters. The van der Waals surface area contributed by atoms with Crippen molar-refractivity contribution in [1.29, 1.82) is 0 Å². The van der Waals surface area contributed by atoms with Crippen molar-refractivity contribution in [1.82, 2.24) is 4.98 Å². The van der Waals surface area contributed by atoms with Crippen LogP contribution in [0.4, 0.5) is 18.9 Å². The standard InChI is InChI=1S/C19H15F3N2OS/c1-12-4-2-3-5-16(12)24-17(25)10-15-11-26-18(23-15)13-6-8-14(9-7-13)19(20,21)22/h2-9,11H,10H2,1H3,(H,24,25). The number of halogens is 3. The Morgan fingerprint density at radius 3 is 2.46 bits per heavy atom. The van der Waals surface area contributed by atoms with Gasteiger partial charge in [-0.25, -0.2) is 4.98 Å².